The zero-order valence-corrected chi connectivity index (χ0v) is 11.1. The van der Waals surface area contributed by atoms with Crippen molar-refractivity contribution in [2.24, 2.45) is 0 Å². The number of rotatable bonds is 2. The molecule has 2 N–H and O–H groups in total. The van der Waals surface area contributed by atoms with Gasteiger partial charge in [-0.25, -0.2) is 0 Å². The van der Waals surface area contributed by atoms with E-state index in [1.807, 2.05) is 13.8 Å². The lowest BCUT2D eigenvalue weighted by Gasteiger charge is -2.41. The normalized spacial score (nSPS) is 27.1. The van der Waals surface area contributed by atoms with Crippen molar-refractivity contribution in [2.45, 2.75) is 39.0 Å². The van der Waals surface area contributed by atoms with Gasteiger partial charge in [0, 0.05) is 18.6 Å². The highest BCUT2D eigenvalue weighted by Gasteiger charge is 2.30. The molecule has 0 amide bonds. The van der Waals surface area contributed by atoms with Gasteiger partial charge in [-0.1, -0.05) is 6.07 Å². The molecule has 0 spiro atoms. The Balaban J connectivity index is 2.27. The second kappa shape index (κ2) is 5.16. The molecule has 1 aromatic rings. The lowest BCUT2D eigenvalue weighted by molar-refractivity contribution is -0.0645. The smallest absolute Gasteiger partial charge is 0.124 e. The summed E-state index contributed by atoms with van der Waals surface area (Å²) in [5.74, 6) is 0.294. The third-order valence-corrected chi connectivity index (χ3v) is 3.63. The van der Waals surface area contributed by atoms with Crippen molar-refractivity contribution in [3.63, 3.8) is 0 Å². The van der Waals surface area contributed by atoms with E-state index in [2.05, 4.69) is 11.8 Å². The first-order chi connectivity index (χ1) is 8.50. The minimum absolute atomic E-state index is 0.0347. The maximum atomic E-state index is 9.93. The van der Waals surface area contributed by atoms with Crippen molar-refractivity contribution in [1.82, 2.24) is 4.90 Å². The molecule has 0 saturated carbocycles. The highest BCUT2D eigenvalue weighted by Crippen LogP contribution is 2.37. The van der Waals surface area contributed by atoms with Crippen molar-refractivity contribution in [3.05, 3.63) is 23.8 Å². The molecular formula is C14H21NO3. The third kappa shape index (κ3) is 2.44. The summed E-state index contributed by atoms with van der Waals surface area (Å²) in [6.45, 7) is 7.62. The van der Waals surface area contributed by atoms with Crippen LogP contribution in [0, 0.1) is 0 Å². The lowest BCUT2D eigenvalue weighted by Crippen LogP contribution is -2.48. The molecule has 0 radical (unpaired) electrons. The summed E-state index contributed by atoms with van der Waals surface area (Å²) in [5.41, 5.74) is 0.596. The molecule has 1 aromatic carbocycles. The zero-order chi connectivity index (χ0) is 13.3. The predicted molar refractivity (Wildman–Crippen MR) is 69.8 cm³/mol. The molecule has 0 aliphatic carbocycles. The van der Waals surface area contributed by atoms with Gasteiger partial charge in [0.1, 0.15) is 11.5 Å². The molecule has 4 nitrogen and oxygen atoms in total. The monoisotopic (exact) mass is 251 g/mol. The average Bonchev–Trinajstić information content (AvgIpc) is 2.32. The molecule has 1 fully saturated rings. The van der Waals surface area contributed by atoms with E-state index in [1.54, 1.807) is 18.2 Å². The van der Waals surface area contributed by atoms with Gasteiger partial charge >= 0.3 is 0 Å². The quantitative estimate of drug-likeness (QED) is 0.846. The number of phenolic OH excluding ortho intramolecular Hbond substituents is 2. The molecule has 100 valence electrons. The van der Waals surface area contributed by atoms with Crippen LogP contribution in [-0.4, -0.2) is 40.4 Å². The van der Waals surface area contributed by atoms with Crippen LogP contribution in [0.3, 0.4) is 0 Å². The summed E-state index contributed by atoms with van der Waals surface area (Å²) in [6, 6.07) is 5.11. The Morgan fingerprint density at radius 2 is 1.89 bits per heavy atom. The van der Waals surface area contributed by atoms with Crippen molar-refractivity contribution in [3.8, 4) is 11.5 Å². The van der Waals surface area contributed by atoms with Gasteiger partial charge in [0.15, 0.2) is 0 Å². The van der Waals surface area contributed by atoms with Crippen LogP contribution in [0.4, 0.5) is 0 Å². The Labute approximate surface area is 108 Å². The Bertz CT molecular complexity index is 401. The highest BCUT2D eigenvalue weighted by atomic mass is 16.5. The molecule has 0 bridgehead atoms. The predicted octanol–water partition coefficient (Wildman–Crippen LogP) is 2.27. The maximum Gasteiger partial charge on any atom is 0.124 e. The first-order valence-corrected chi connectivity index (χ1v) is 6.39. The minimum atomic E-state index is -0.0347. The van der Waals surface area contributed by atoms with E-state index in [1.165, 1.54) is 0 Å². The largest absolute Gasteiger partial charge is 0.507 e. The van der Waals surface area contributed by atoms with Gasteiger partial charge < -0.3 is 14.9 Å². The van der Waals surface area contributed by atoms with Crippen LogP contribution in [0.25, 0.3) is 0 Å². The number of ether oxygens (including phenoxy) is 1. The molecule has 2 rings (SSSR count). The van der Waals surface area contributed by atoms with Crippen LogP contribution in [0.5, 0.6) is 11.5 Å². The zero-order valence-electron chi connectivity index (χ0n) is 11.1. The van der Waals surface area contributed by atoms with Crippen molar-refractivity contribution < 1.29 is 14.9 Å². The van der Waals surface area contributed by atoms with Crippen molar-refractivity contribution in [2.75, 3.05) is 13.2 Å². The SMILES string of the molecule is CC1CN(C(C)c2c(O)cccc2O)C(C)CO1. The fourth-order valence-electron chi connectivity index (χ4n) is 2.60. The van der Waals surface area contributed by atoms with Gasteiger partial charge in [-0.3, -0.25) is 4.90 Å². The van der Waals surface area contributed by atoms with Gasteiger partial charge in [-0.05, 0) is 32.9 Å². The molecule has 1 aliphatic heterocycles. The fourth-order valence-corrected chi connectivity index (χ4v) is 2.60. The number of hydrogen-bond donors (Lipinski definition) is 2. The summed E-state index contributed by atoms with van der Waals surface area (Å²) >= 11 is 0. The van der Waals surface area contributed by atoms with Gasteiger partial charge in [0.05, 0.1) is 18.3 Å². The van der Waals surface area contributed by atoms with Crippen molar-refractivity contribution in [1.29, 1.82) is 0 Å². The number of hydrogen-bond acceptors (Lipinski definition) is 4. The van der Waals surface area contributed by atoms with E-state index in [0.717, 1.165) is 6.54 Å². The van der Waals surface area contributed by atoms with E-state index < -0.39 is 0 Å². The molecular weight excluding hydrogens is 230 g/mol. The van der Waals surface area contributed by atoms with E-state index in [-0.39, 0.29) is 29.7 Å². The number of benzene rings is 1. The summed E-state index contributed by atoms with van der Waals surface area (Å²) in [4.78, 5) is 2.25. The topological polar surface area (TPSA) is 52.9 Å². The molecule has 1 heterocycles. The first kappa shape index (κ1) is 13.2. The van der Waals surface area contributed by atoms with Gasteiger partial charge in [-0.15, -0.1) is 0 Å². The fraction of sp³-hybridized carbons (Fsp3) is 0.571. The Morgan fingerprint density at radius 1 is 1.28 bits per heavy atom. The highest BCUT2D eigenvalue weighted by molar-refractivity contribution is 5.45. The number of aromatic hydroxyl groups is 2. The molecule has 3 unspecified atom stereocenters. The summed E-state index contributed by atoms with van der Waals surface area (Å²) < 4.78 is 5.60. The van der Waals surface area contributed by atoms with E-state index >= 15 is 0 Å². The summed E-state index contributed by atoms with van der Waals surface area (Å²) in [7, 11) is 0. The average molecular weight is 251 g/mol. The van der Waals surface area contributed by atoms with Crippen LogP contribution >= 0.6 is 0 Å². The number of phenols is 2. The molecule has 18 heavy (non-hydrogen) atoms. The standard InChI is InChI=1S/C14H21NO3/c1-9-8-18-10(2)7-15(9)11(3)14-12(16)5-4-6-13(14)17/h4-6,9-11,16-17H,7-8H2,1-3H3. The van der Waals surface area contributed by atoms with Gasteiger partial charge in [0.25, 0.3) is 0 Å². The molecule has 1 saturated heterocycles. The Kier molecular flexibility index (Phi) is 3.78. The van der Waals surface area contributed by atoms with Gasteiger partial charge in [0.2, 0.25) is 0 Å². The van der Waals surface area contributed by atoms with Crippen LogP contribution in [0.2, 0.25) is 0 Å². The van der Waals surface area contributed by atoms with Crippen LogP contribution in [-0.2, 0) is 4.74 Å². The van der Waals surface area contributed by atoms with E-state index in [9.17, 15) is 10.2 Å². The van der Waals surface area contributed by atoms with Gasteiger partial charge in [-0.2, -0.15) is 0 Å². The molecule has 1 aliphatic rings. The second-order valence-corrected chi connectivity index (χ2v) is 5.08. The van der Waals surface area contributed by atoms with Crippen LogP contribution < -0.4 is 0 Å². The van der Waals surface area contributed by atoms with E-state index in [0.29, 0.717) is 12.2 Å². The second-order valence-electron chi connectivity index (χ2n) is 5.08. The summed E-state index contributed by atoms with van der Waals surface area (Å²) in [5, 5.41) is 19.9. The van der Waals surface area contributed by atoms with Crippen molar-refractivity contribution >= 4 is 0 Å². The molecule has 4 heteroatoms. The molecule has 3 atom stereocenters. The number of nitrogens with zero attached hydrogens (tertiary/aromatic N) is 1. The van der Waals surface area contributed by atoms with E-state index in [4.69, 9.17) is 4.74 Å². The first-order valence-electron chi connectivity index (χ1n) is 6.39. The Hall–Kier alpha value is -1.26. The van der Waals surface area contributed by atoms with Crippen LogP contribution in [0.15, 0.2) is 18.2 Å². The maximum absolute atomic E-state index is 9.93. The number of morpholine rings is 1. The Morgan fingerprint density at radius 3 is 2.50 bits per heavy atom. The summed E-state index contributed by atoms with van der Waals surface area (Å²) in [6.07, 6.45) is 0.177. The molecule has 0 aromatic heterocycles. The third-order valence-electron chi connectivity index (χ3n) is 3.63. The van der Waals surface area contributed by atoms with Crippen LogP contribution in [0.1, 0.15) is 32.4 Å². The minimum Gasteiger partial charge on any atom is -0.507 e. The lowest BCUT2D eigenvalue weighted by atomic mass is 10.0.